The molecule has 1 aromatic heterocycles. The number of carbonyl (C=O) groups excluding carboxylic acids is 1. The van der Waals surface area contributed by atoms with E-state index in [-0.39, 0.29) is 23.9 Å². The van der Waals surface area contributed by atoms with Crippen molar-refractivity contribution in [2.75, 3.05) is 57.4 Å². The fourth-order valence-electron chi connectivity index (χ4n) is 6.20. The van der Waals surface area contributed by atoms with Crippen molar-refractivity contribution in [2.45, 2.75) is 59.5 Å². The zero-order valence-electron chi connectivity index (χ0n) is 25.0. The van der Waals surface area contributed by atoms with Crippen LogP contribution in [-0.2, 0) is 9.53 Å². The summed E-state index contributed by atoms with van der Waals surface area (Å²) in [5, 5.41) is 7.08. The van der Waals surface area contributed by atoms with Gasteiger partial charge in [0.15, 0.2) is 0 Å². The minimum Gasteiger partial charge on any atom is -0.378 e. The first-order valence-corrected chi connectivity index (χ1v) is 15.1. The van der Waals surface area contributed by atoms with Gasteiger partial charge in [0.1, 0.15) is 0 Å². The zero-order chi connectivity index (χ0) is 28.3. The Bertz CT molecular complexity index is 1210. The van der Waals surface area contributed by atoms with Crippen LogP contribution in [0.1, 0.15) is 64.6 Å². The minimum atomic E-state index is 0.0498. The number of anilines is 1. The molecule has 1 amide bonds. The van der Waals surface area contributed by atoms with Crippen LogP contribution >= 0.6 is 0 Å². The lowest BCUT2D eigenvalue weighted by atomic mass is 9.87. The molecule has 2 aromatic rings. The number of hydrogen-bond acceptors (Lipinski definition) is 6. The molecule has 0 saturated carbocycles. The molecule has 0 radical (unpaired) electrons. The number of rotatable bonds is 5. The predicted octanol–water partition coefficient (Wildman–Crippen LogP) is 4.90. The first-order valence-electron chi connectivity index (χ1n) is 15.1. The first-order chi connectivity index (χ1) is 19.2. The summed E-state index contributed by atoms with van der Waals surface area (Å²) in [6, 6.07) is 9.13. The molecule has 2 atom stereocenters. The number of pyridine rings is 1. The average Bonchev–Trinajstić information content (AvgIpc) is 2.94. The molecule has 1 aromatic carbocycles. The molecule has 0 bridgehead atoms. The number of aromatic nitrogens is 1. The van der Waals surface area contributed by atoms with Crippen molar-refractivity contribution in [1.82, 2.24) is 20.5 Å². The second-order valence-electron chi connectivity index (χ2n) is 13.1. The van der Waals surface area contributed by atoms with Gasteiger partial charge in [-0.25, -0.2) is 0 Å². The van der Waals surface area contributed by atoms with E-state index in [1.54, 1.807) is 0 Å². The highest BCUT2D eigenvalue weighted by molar-refractivity contribution is 6.20. The maximum absolute atomic E-state index is 13.9. The first kappa shape index (κ1) is 28.8. The molecule has 3 aliphatic rings. The Hall–Kier alpha value is -2.74. The second kappa shape index (κ2) is 12.4. The summed E-state index contributed by atoms with van der Waals surface area (Å²) in [5.74, 6) is 0.300. The Balaban J connectivity index is 1.40. The zero-order valence-corrected chi connectivity index (χ0v) is 25.0. The van der Waals surface area contributed by atoms with Crippen LogP contribution in [-0.4, -0.2) is 74.3 Å². The van der Waals surface area contributed by atoms with Gasteiger partial charge in [0.2, 0.25) is 0 Å². The molecule has 40 heavy (non-hydrogen) atoms. The van der Waals surface area contributed by atoms with Gasteiger partial charge in [-0.05, 0) is 59.9 Å². The van der Waals surface area contributed by atoms with Crippen LogP contribution in [0.3, 0.4) is 0 Å². The van der Waals surface area contributed by atoms with Gasteiger partial charge in [0.25, 0.3) is 5.91 Å². The number of hydrogen-bond donors (Lipinski definition) is 2. The summed E-state index contributed by atoms with van der Waals surface area (Å²) in [4.78, 5) is 23.4. The normalized spacial score (nSPS) is 23.1. The van der Waals surface area contributed by atoms with Crippen molar-refractivity contribution in [3.8, 4) is 11.1 Å². The van der Waals surface area contributed by atoms with Crippen LogP contribution in [0, 0.1) is 11.3 Å². The van der Waals surface area contributed by atoms with E-state index in [2.05, 4.69) is 90.4 Å². The number of ether oxygens (including phenoxy) is 1. The van der Waals surface area contributed by atoms with Gasteiger partial charge in [-0.1, -0.05) is 45.9 Å². The van der Waals surface area contributed by atoms with Crippen molar-refractivity contribution in [2.24, 2.45) is 11.3 Å². The summed E-state index contributed by atoms with van der Waals surface area (Å²) in [6.07, 6.45) is 8.01. The summed E-state index contributed by atoms with van der Waals surface area (Å²) < 4.78 is 5.54. The Morgan fingerprint density at radius 2 is 1.80 bits per heavy atom. The predicted molar refractivity (Wildman–Crippen MR) is 163 cm³/mol. The molecule has 5 rings (SSSR count). The highest BCUT2D eigenvalue weighted by Crippen LogP contribution is 2.34. The summed E-state index contributed by atoms with van der Waals surface area (Å²) >= 11 is 0. The standard InChI is InChI=1S/C33H47N5O2/c1-23-16-31(32(39)36-27-8-10-37(11-9-27)22-33(3,4)5)30-18-25(6-7-29(30)24(2)35-19-23)26-17-28(21-34-20-26)38-12-14-40-15-13-38/h6-7,16-18,20-21,23-24,27,35H,8-15,19,22H2,1-5H3,(H,36,39). The monoisotopic (exact) mass is 545 g/mol. The molecule has 216 valence electrons. The third-order valence-corrected chi connectivity index (χ3v) is 8.31. The number of likely N-dealkylation sites (tertiary alicyclic amines) is 1. The summed E-state index contributed by atoms with van der Waals surface area (Å²) in [6.45, 7) is 18.5. The van der Waals surface area contributed by atoms with Crippen molar-refractivity contribution < 1.29 is 9.53 Å². The number of fused-ring (bicyclic) bond motifs is 1. The Labute approximate surface area is 240 Å². The van der Waals surface area contributed by atoms with Crippen molar-refractivity contribution in [3.63, 3.8) is 0 Å². The van der Waals surface area contributed by atoms with E-state index in [0.717, 1.165) is 98.8 Å². The van der Waals surface area contributed by atoms with Crippen LogP contribution in [0.5, 0.6) is 0 Å². The molecule has 4 heterocycles. The van der Waals surface area contributed by atoms with Crippen LogP contribution in [0.4, 0.5) is 5.69 Å². The van der Waals surface area contributed by atoms with Crippen molar-refractivity contribution >= 4 is 17.2 Å². The Morgan fingerprint density at radius 3 is 2.52 bits per heavy atom. The third kappa shape index (κ3) is 7.12. The smallest absolute Gasteiger partial charge is 0.251 e. The van der Waals surface area contributed by atoms with Gasteiger partial charge in [0, 0.05) is 68.7 Å². The average molecular weight is 546 g/mol. The number of morpholine rings is 1. The fourth-order valence-corrected chi connectivity index (χ4v) is 6.20. The van der Waals surface area contributed by atoms with Crippen LogP contribution < -0.4 is 15.5 Å². The molecule has 2 N–H and O–H groups in total. The molecule has 2 fully saturated rings. The van der Waals surface area contributed by atoms with E-state index >= 15 is 0 Å². The molecule has 0 spiro atoms. The minimum absolute atomic E-state index is 0.0498. The number of carbonyl (C=O) groups is 1. The number of piperidine rings is 1. The molecule has 0 aliphatic carbocycles. The SMILES string of the molecule is CC1C=C(C(=O)NC2CCN(CC(C)(C)C)CC2)c2cc(-c3cncc(N4CCOCC4)c3)ccc2C(C)NC1. The van der Waals surface area contributed by atoms with E-state index < -0.39 is 0 Å². The largest absolute Gasteiger partial charge is 0.378 e. The maximum atomic E-state index is 13.9. The van der Waals surface area contributed by atoms with Crippen LogP contribution in [0.2, 0.25) is 0 Å². The third-order valence-electron chi connectivity index (χ3n) is 8.31. The lowest BCUT2D eigenvalue weighted by molar-refractivity contribution is -0.116. The van der Waals surface area contributed by atoms with Crippen LogP contribution in [0.15, 0.2) is 42.7 Å². The Kier molecular flexibility index (Phi) is 8.93. The van der Waals surface area contributed by atoms with Crippen LogP contribution in [0.25, 0.3) is 16.7 Å². The summed E-state index contributed by atoms with van der Waals surface area (Å²) in [7, 11) is 0. The van der Waals surface area contributed by atoms with E-state index in [1.807, 2.05) is 12.4 Å². The summed E-state index contributed by atoms with van der Waals surface area (Å²) in [5.41, 5.74) is 6.52. The molecular weight excluding hydrogens is 498 g/mol. The highest BCUT2D eigenvalue weighted by Gasteiger charge is 2.27. The van der Waals surface area contributed by atoms with E-state index in [9.17, 15) is 4.79 Å². The fraction of sp³-hybridized carbons (Fsp3) is 0.576. The highest BCUT2D eigenvalue weighted by atomic mass is 16.5. The van der Waals surface area contributed by atoms with Crippen molar-refractivity contribution in [1.29, 1.82) is 0 Å². The molecule has 2 saturated heterocycles. The van der Waals surface area contributed by atoms with E-state index in [4.69, 9.17) is 4.74 Å². The number of nitrogens with one attached hydrogen (secondary N) is 2. The number of benzene rings is 1. The number of amides is 1. The topological polar surface area (TPSA) is 69.7 Å². The number of nitrogens with zero attached hydrogens (tertiary/aromatic N) is 3. The second-order valence-corrected chi connectivity index (χ2v) is 13.1. The molecule has 2 unspecified atom stereocenters. The molecule has 3 aliphatic heterocycles. The van der Waals surface area contributed by atoms with E-state index in [0.29, 0.717) is 5.41 Å². The van der Waals surface area contributed by atoms with Gasteiger partial charge in [0.05, 0.1) is 25.1 Å². The van der Waals surface area contributed by atoms with E-state index in [1.165, 1.54) is 0 Å². The molecule has 7 heteroatoms. The Morgan fingerprint density at radius 1 is 1.05 bits per heavy atom. The van der Waals surface area contributed by atoms with Gasteiger partial charge >= 0.3 is 0 Å². The lowest BCUT2D eigenvalue weighted by Crippen LogP contribution is -2.46. The maximum Gasteiger partial charge on any atom is 0.251 e. The molecular formula is C33H47N5O2. The van der Waals surface area contributed by atoms with Gasteiger partial charge in [-0.15, -0.1) is 0 Å². The lowest BCUT2D eigenvalue weighted by Gasteiger charge is -2.36. The quantitative estimate of drug-likeness (QED) is 0.557. The van der Waals surface area contributed by atoms with Gasteiger partial charge in [-0.2, -0.15) is 0 Å². The van der Waals surface area contributed by atoms with Gasteiger partial charge < -0.3 is 25.2 Å². The van der Waals surface area contributed by atoms with Gasteiger partial charge in [-0.3, -0.25) is 9.78 Å². The molecule has 7 nitrogen and oxygen atoms in total. The van der Waals surface area contributed by atoms with Crippen molar-refractivity contribution in [3.05, 3.63) is 53.9 Å².